The first-order valence-corrected chi connectivity index (χ1v) is 10.9. The Kier molecular flexibility index (Phi) is 5.78. The molecule has 0 unspecified atom stereocenters. The van der Waals surface area contributed by atoms with Crippen LogP contribution >= 0.6 is 15.9 Å². The lowest BCUT2D eigenvalue weighted by atomic mass is 9.93. The molecule has 0 aliphatic carbocycles. The Bertz CT molecular complexity index is 1050. The minimum atomic E-state index is -3.90. The van der Waals surface area contributed by atoms with Crippen molar-refractivity contribution >= 4 is 26.0 Å². The molecule has 0 bridgehead atoms. The number of aromatic nitrogens is 3. The third-order valence-corrected chi connectivity index (χ3v) is 5.77. The highest BCUT2D eigenvalue weighted by Gasteiger charge is 2.20. The lowest BCUT2D eigenvalue weighted by Crippen LogP contribution is -2.16. The third-order valence-electron chi connectivity index (χ3n) is 4.21. The van der Waals surface area contributed by atoms with E-state index in [-0.39, 0.29) is 4.90 Å². The van der Waals surface area contributed by atoms with Crippen molar-refractivity contribution in [3.8, 4) is 11.1 Å². The molecule has 6 nitrogen and oxygen atoms in total. The van der Waals surface area contributed by atoms with Gasteiger partial charge in [0.2, 0.25) is 10.0 Å². The Hall–Kier alpha value is -2.03. The number of hydrogen-bond acceptors (Lipinski definition) is 4. The number of rotatable bonds is 6. The summed E-state index contributed by atoms with van der Waals surface area (Å²) in [5.41, 5.74) is 3.37. The smallest absolute Gasteiger partial charge is 0.236 e. The second-order valence-corrected chi connectivity index (χ2v) is 9.05. The number of benzene rings is 2. The highest BCUT2D eigenvalue weighted by molar-refractivity contribution is 9.10. The Morgan fingerprint density at radius 3 is 2.41 bits per heavy atom. The molecule has 2 aromatic carbocycles. The van der Waals surface area contributed by atoms with Gasteiger partial charge in [-0.15, -0.1) is 0 Å². The summed E-state index contributed by atoms with van der Waals surface area (Å²) in [5, 5.41) is 9.73. The summed E-state index contributed by atoms with van der Waals surface area (Å²) in [7, 11) is -3.90. The van der Waals surface area contributed by atoms with E-state index < -0.39 is 10.0 Å². The van der Waals surface area contributed by atoms with E-state index in [1.807, 2.05) is 36.4 Å². The van der Waals surface area contributed by atoms with Crippen LogP contribution in [-0.4, -0.2) is 23.2 Å². The molecule has 1 aromatic heterocycles. The fourth-order valence-corrected chi connectivity index (χ4v) is 4.14. The Morgan fingerprint density at radius 2 is 1.85 bits per heavy atom. The molecule has 0 fully saturated rings. The average Bonchev–Trinajstić information content (AvgIpc) is 3.00. The molecule has 27 heavy (non-hydrogen) atoms. The van der Waals surface area contributed by atoms with Gasteiger partial charge in [-0.2, -0.15) is 5.10 Å². The fraction of sp³-hybridized carbons (Fsp3) is 0.263. The van der Waals surface area contributed by atoms with Crippen LogP contribution in [0, 0.1) is 5.92 Å². The average molecular weight is 449 g/mol. The molecule has 3 rings (SSSR count). The van der Waals surface area contributed by atoms with Crippen molar-refractivity contribution in [3.05, 3.63) is 64.7 Å². The van der Waals surface area contributed by atoms with Crippen LogP contribution in [0.25, 0.3) is 11.1 Å². The minimum absolute atomic E-state index is 0.118. The molecule has 142 valence electrons. The lowest BCUT2D eigenvalue weighted by molar-refractivity contribution is 0.596. The molecule has 0 radical (unpaired) electrons. The van der Waals surface area contributed by atoms with Crippen LogP contribution in [0.4, 0.5) is 0 Å². The molecule has 0 spiro atoms. The number of nitrogens with zero attached hydrogens (tertiary/aromatic N) is 3. The summed E-state index contributed by atoms with van der Waals surface area (Å²) in [6.45, 7) is 4.66. The van der Waals surface area contributed by atoms with Crippen LogP contribution in [0.2, 0.25) is 0 Å². The molecule has 0 atom stereocenters. The maximum Gasteiger partial charge on any atom is 0.238 e. The molecule has 2 N–H and O–H groups in total. The summed E-state index contributed by atoms with van der Waals surface area (Å²) in [4.78, 5) is 4.18. The Labute approximate surface area is 167 Å². The van der Waals surface area contributed by atoms with Crippen molar-refractivity contribution in [2.24, 2.45) is 11.1 Å². The van der Waals surface area contributed by atoms with Gasteiger partial charge in [-0.3, -0.25) is 0 Å². The number of sulfonamides is 1. The molecule has 0 saturated heterocycles. The summed E-state index contributed by atoms with van der Waals surface area (Å²) >= 11 is 3.35. The van der Waals surface area contributed by atoms with Crippen molar-refractivity contribution in [1.29, 1.82) is 0 Å². The first-order valence-electron chi connectivity index (χ1n) is 8.53. The van der Waals surface area contributed by atoms with E-state index in [9.17, 15) is 8.42 Å². The molecule has 0 saturated carbocycles. The minimum Gasteiger partial charge on any atom is -0.236 e. The molecular formula is C19H21BrN4O2S. The first-order chi connectivity index (χ1) is 12.8. The van der Waals surface area contributed by atoms with Crippen LogP contribution in [0.15, 0.2) is 58.4 Å². The van der Waals surface area contributed by atoms with Crippen LogP contribution in [-0.2, 0) is 23.0 Å². The number of primary sulfonamides is 1. The largest absolute Gasteiger partial charge is 0.238 e. The van der Waals surface area contributed by atoms with E-state index in [1.54, 1.807) is 10.7 Å². The van der Waals surface area contributed by atoms with Gasteiger partial charge in [0.1, 0.15) is 6.33 Å². The Morgan fingerprint density at radius 1 is 1.15 bits per heavy atom. The van der Waals surface area contributed by atoms with Crippen LogP contribution in [0.1, 0.15) is 25.0 Å². The molecule has 8 heteroatoms. The van der Waals surface area contributed by atoms with E-state index in [0.29, 0.717) is 22.8 Å². The van der Waals surface area contributed by atoms with E-state index in [2.05, 4.69) is 39.9 Å². The number of hydrogen-bond donors (Lipinski definition) is 1. The van der Waals surface area contributed by atoms with Gasteiger partial charge in [0, 0.05) is 5.56 Å². The van der Waals surface area contributed by atoms with Gasteiger partial charge >= 0.3 is 0 Å². The summed E-state index contributed by atoms with van der Waals surface area (Å²) in [5.74, 6) is 0.409. The Balaban J connectivity index is 2.22. The summed E-state index contributed by atoms with van der Waals surface area (Å²) in [6.07, 6.45) is 2.26. The molecule has 0 aliphatic rings. The zero-order valence-corrected chi connectivity index (χ0v) is 17.5. The summed E-state index contributed by atoms with van der Waals surface area (Å²) in [6, 6.07) is 13.0. The highest BCUT2D eigenvalue weighted by atomic mass is 79.9. The second kappa shape index (κ2) is 7.92. The van der Waals surface area contributed by atoms with Crippen LogP contribution in [0.5, 0.6) is 0 Å². The van der Waals surface area contributed by atoms with Crippen LogP contribution in [0.3, 0.4) is 0 Å². The van der Waals surface area contributed by atoms with Crippen LogP contribution < -0.4 is 5.14 Å². The van der Waals surface area contributed by atoms with Crippen molar-refractivity contribution < 1.29 is 8.42 Å². The zero-order chi connectivity index (χ0) is 19.6. The molecule has 1 heterocycles. The monoisotopic (exact) mass is 448 g/mol. The van der Waals surface area contributed by atoms with E-state index >= 15 is 0 Å². The van der Waals surface area contributed by atoms with Gasteiger partial charge in [0.05, 0.1) is 11.4 Å². The third kappa shape index (κ3) is 4.63. The highest BCUT2D eigenvalue weighted by Crippen LogP contribution is 2.31. The van der Waals surface area contributed by atoms with Gasteiger partial charge in [-0.1, -0.05) is 44.2 Å². The number of nitrogens with two attached hydrogens (primary N) is 1. The van der Waals surface area contributed by atoms with Gasteiger partial charge in [-0.25, -0.2) is 23.2 Å². The van der Waals surface area contributed by atoms with E-state index in [0.717, 1.165) is 23.1 Å². The lowest BCUT2D eigenvalue weighted by Gasteiger charge is -2.17. The molecule has 0 amide bonds. The second-order valence-electron chi connectivity index (χ2n) is 6.81. The van der Waals surface area contributed by atoms with E-state index in [4.69, 9.17) is 5.14 Å². The van der Waals surface area contributed by atoms with Gasteiger partial charge in [0.15, 0.2) is 4.73 Å². The molecular weight excluding hydrogens is 428 g/mol. The molecule has 0 aliphatic heterocycles. The van der Waals surface area contributed by atoms with Gasteiger partial charge in [0.25, 0.3) is 0 Å². The maximum absolute atomic E-state index is 12.3. The van der Waals surface area contributed by atoms with Crippen molar-refractivity contribution in [1.82, 2.24) is 14.8 Å². The zero-order valence-electron chi connectivity index (χ0n) is 15.1. The fourth-order valence-electron chi connectivity index (χ4n) is 3.04. The summed E-state index contributed by atoms with van der Waals surface area (Å²) < 4.78 is 26.9. The van der Waals surface area contributed by atoms with E-state index in [1.165, 1.54) is 6.33 Å². The maximum atomic E-state index is 12.3. The normalized spacial score (nSPS) is 11.9. The van der Waals surface area contributed by atoms with Crippen molar-refractivity contribution in [2.45, 2.75) is 31.7 Å². The van der Waals surface area contributed by atoms with Crippen molar-refractivity contribution in [3.63, 3.8) is 0 Å². The molecule has 3 aromatic rings. The predicted octanol–water partition coefficient (Wildman–Crippen LogP) is 3.60. The van der Waals surface area contributed by atoms with Gasteiger partial charge < -0.3 is 0 Å². The standard InChI is InChI=1S/C19H21BrN4O2S/c1-13(2)8-15-9-17(14-6-4-3-5-7-14)18(27(21,25)26)10-16(15)11-24-19(20)22-12-23-24/h3-7,9-10,12-13H,8,11H2,1-2H3,(H2,21,25,26). The topological polar surface area (TPSA) is 90.9 Å². The predicted molar refractivity (Wildman–Crippen MR) is 109 cm³/mol. The quantitative estimate of drug-likeness (QED) is 0.623. The SMILES string of the molecule is CC(C)Cc1cc(-c2ccccc2)c(S(N)(=O)=O)cc1Cn1ncnc1Br. The number of halogens is 1. The van der Waals surface area contributed by atoms with Crippen molar-refractivity contribution in [2.75, 3.05) is 0 Å². The first kappa shape index (κ1) is 19.7. The van der Waals surface area contributed by atoms with Gasteiger partial charge in [-0.05, 0) is 57.1 Å².